The van der Waals surface area contributed by atoms with Crippen molar-refractivity contribution in [3.05, 3.63) is 35.6 Å². The van der Waals surface area contributed by atoms with Gasteiger partial charge in [0.1, 0.15) is 5.82 Å². The maximum absolute atomic E-state index is 12.9. The SMILES string of the molecule is CC(C)C(C)(N)c1cccc(F)c1. The fraction of sp³-hybridized carbons (Fsp3) is 0.455. The maximum Gasteiger partial charge on any atom is 0.123 e. The van der Waals surface area contributed by atoms with E-state index >= 15 is 0 Å². The minimum atomic E-state index is -0.456. The zero-order chi connectivity index (χ0) is 10.1. The predicted octanol–water partition coefficient (Wildman–Crippen LogP) is 2.66. The average Bonchev–Trinajstić information content (AvgIpc) is 2.04. The van der Waals surface area contributed by atoms with E-state index in [0.29, 0.717) is 0 Å². The Bertz CT molecular complexity index is 292. The van der Waals surface area contributed by atoms with Crippen LogP contribution in [-0.2, 0) is 5.54 Å². The van der Waals surface area contributed by atoms with Crippen molar-refractivity contribution in [1.82, 2.24) is 0 Å². The summed E-state index contributed by atoms with van der Waals surface area (Å²) in [5.41, 5.74) is 6.48. The van der Waals surface area contributed by atoms with Gasteiger partial charge < -0.3 is 5.73 Å². The van der Waals surface area contributed by atoms with Gasteiger partial charge in [-0.15, -0.1) is 0 Å². The Morgan fingerprint density at radius 3 is 2.46 bits per heavy atom. The predicted molar refractivity (Wildman–Crippen MR) is 52.8 cm³/mol. The van der Waals surface area contributed by atoms with Gasteiger partial charge in [-0.3, -0.25) is 0 Å². The summed E-state index contributed by atoms with van der Waals surface area (Å²) in [6.07, 6.45) is 0. The molecule has 1 aromatic carbocycles. The monoisotopic (exact) mass is 181 g/mol. The molecular weight excluding hydrogens is 165 g/mol. The summed E-state index contributed by atoms with van der Waals surface area (Å²) in [6, 6.07) is 6.49. The molecule has 2 N–H and O–H groups in total. The minimum Gasteiger partial charge on any atom is -0.321 e. The molecule has 1 rings (SSSR count). The number of halogens is 1. The van der Waals surface area contributed by atoms with E-state index in [2.05, 4.69) is 0 Å². The minimum absolute atomic E-state index is 0.227. The van der Waals surface area contributed by atoms with Gasteiger partial charge >= 0.3 is 0 Å². The van der Waals surface area contributed by atoms with Crippen LogP contribution in [0.4, 0.5) is 4.39 Å². The molecule has 2 heteroatoms. The molecule has 0 saturated carbocycles. The zero-order valence-electron chi connectivity index (χ0n) is 8.34. The quantitative estimate of drug-likeness (QED) is 0.745. The number of rotatable bonds is 2. The van der Waals surface area contributed by atoms with Crippen LogP contribution >= 0.6 is 0 Å². The third kappa shape index (κ3) is 2.07. The van der Waals surface area contributed by atoms with Crippen molar-refractivity contribution in [1.29, 1.82) is 0 Å². The first-order valence-corrected chi connectivity index (χ1v) is 4.49. The second kappa shape index (κ2) is 3.46. The fourth-order valence-electron chi connectivity index (χ4n) is 1.16. The van der Waals surface area contributed by atoms with Crippen LogP contribution in [0, 0.1) is 11.7 Å². The van der Waals surface area contributed by atoms with Crippen LogP contribution in [0.1, 0.15) is 26.3 Å². The van der Waals surface area contributed by atoms with Crippen LogP contribution in [0.2, 0.25) is 0 Å². The van der Waals surface area contributed by atoms with E-state index in [9.17, 15) is 4.39 Å². The van der Waals surface area contributed by atoms with Gasteiger partial charge in [-0.2, -0.15) is 0 Å². The molecule has 0 radical (unpaired) electrons. The highest BCUT2D eigenvalue weighted by molar-refractivity contribution is 5.24. The maximum atomic E-state index is 12.9. The van der Waals surface area contributed by atoms with Gasteiger partial charge in [-0.05, 0) is 30.5 Å². The Labute approximate surface area is 78.8 Å². The topological polar surface area (TPSA) is 26.0 Å². The molecule has 0 bridgehead atoms. The smallest absolute Gasteiger partial charge is 0.123 e. The molecule has 0 aliphatic heterocycles. The van der Waals surface area contributed by atoms with E-state index in [1.54, 1.807) is 6.07 Å². The lowest BCUT2D eigenvalue weighted by Gasteiger charge is -2.29. The number of nitrogens with two attached hydrogens (primary N) is 1. The molecule has 0 heterocycles. The van der Waals surface area contributed by atoms with Crippen molar-refractivity contribution >= 4 is 0 Å². The van der Waals surface area contributed by atoms with Gasteiger partial charge in [0.2, 0.25) is 0 Å². The first kappa shape index (κ1) is 10.2. The third-order valence-corrected chi connectivity index (χ3v) is 2.65. The summed E-state index contributed by atoms with van der Waals surface area (Å²) in [5.74, 6) is 0.0594. The summed E-state index contributed by atoms with van der Waals surface area (Å²) in [4.78, 5) is 0. The van der Waals surface area contributed by atoms with E-state index in [1.807, 2.05) is 26.8 Å². The third-order valence-electron chi connectivity index (χ3n) is 2.65. The van der Waals surface area contributed by atoms with Crippen LogP contribution < -0.4 is 5.73 Å². The van der Waals surface area contributed by atoms with Gasteiger partial charge in [0.15, 0.2) is 0 Å². The first-order chi connectivity index (χ1) is 5.94. The van der Waals surface area contributed by atoms with Crippen molar-refractivity contribution in [3.8, 4) is 0 Å². The van der Waals surface area contributed by atoms with Crippen LogP contribution in [0.15, 0.2) is 24.3 Å². The molecule has 0 aromatic heterocycles. The van der Waals surface area contributed by atoms with Gasteiger partial charge in [0.25, 0.3) is 0 Å². The second-order valence-electron chi connectivity index (χ2n) is 3.95. The molecule has 1 unspecified atom stereocenters. The van der Waals surface area contributed by atoms with Crippen molar-refractivity contribution in [3.63, 3.8) is 0 Å². The summed E-state index contributed by atoms with van der Waals surface area (Å²) >= 11 is 0. The van der Waals surface area contributed by atoms with Gasteiger partial charge in [-0.1, -0.05) is 26.0 Å². The van der Waals surface area contributed by atoms with E-state index < -0.39 is 5.54 Å². The Balaban J connectivity index is 3.07. The van der Waals surface area contributed by atoms with E-state index in [4.69, 9.17) is 5.73 Å². The van der Waals surface area contributed by atoms with Gasteiger partial charge in [0, 0.05) is 5.54 Å². The lowest BCUT2D eigenvalue weighted by molar-refractivity contribution is 0.349. The summed E-state index contributed by atoms with van der Waals surface area (Å²) in [7, 11) is 0. The summed E-state index contributed by atoms with van der Waals surface area (Å²) in [5, 5.41) is 0. The average molecular weight is 181 g/mol. The van der Waals surface area contributed by atoms with Crippen LogP contribution in [-0.4, -0.2) is 0 Å². The summed E-state index contributed by atoms with van der Waals surface area (Å²) < 4.78 is 12.9. The highest BCUT2D eigenvalue weighted by Gasteiger charge is 2.25. The number of hydrogen-bond acceptors (Lipinski definition) is 1. The van der Waals surface area contributed by atoms with Gasteiger partial charge in [0.05, 0.1) is 0 Å². The molecule has 1 atom stereocenters. The lowest BCUT2D eigenvalue weighted by Crippen LogP contribution is -2.38. The lowest BCUT2D eigenvalue weighted by atomic mass is 9.83. The van der Waals surface area contributed by atoms with E-state index in [-0.39, 0.29) is 11.7 Å². The highest BCUT2D eigenvalue weighted by atomic mass is 19.1. The molecule has 0 spiro atoms. The largest absolute Gasteiger partial charge is 0.321 e. The molecule has 0 fully saturated rings. The fourth-order valence-corrected chi connectivity index (χ4v) is 1.16. The van der Waals surface area contributed by atoms with Crippen molar-refractivity contribution in [2.75, 3.05) is 0 Å². The van der Waals surface area contributed by atoms with Crippen molar-refractivity contribution in [2.24, 2.45) is 11.7 Å². The Morgan fingerprint density at radius 2 is 2.00 bits per heavy atom. The molecule has 1 nitrogen and oxygen atoms in total. The molecule has 0 saturated heterocycles. The van der Waals surface area contributed by atoms with Crippen molar-refractivity contribution in [2.45, 2.75) is 26.3 Å². The molecule has 0 amide bonds. The highest BCUT2D eigenvalue weighted by Crippen LogP contribution is 2.26. The number of benzene rings is 1. The Morgan fingerprint density at radius 1 is 1.38 bits per heavy atom. The van der Waals surface area contributed by atoms with Gasteiger partial charge in [-0.25, -0.2) is 4.39 Å². The summed E-state index contributed by atoms with van der Waals surface area (Å²) in [6.45, 7) is 5.99. The molecular formula is C11H16FN. The molecule has 13 heavy (non-hydrogen) atoms. The Hall–Kier alpha value is -0.890. The van der Waals surface area contributed by atoms with Crippen LogP contribution in [0.25, 0.3) is 0 Å². The zero-order valence-corrected chi connectivity index (χ0v) is 8.34. The standard InChI is InChI=1S/C11H16FN/c1-8(2)11(3,13)9-5-4-6-10(12)7-9/h4-8H,13H2,1-3H3. The molecule has 0 aliphatic carbocycles. The Kier molecular flexibility index (Phi) is 2.71. The van der Waals surface area contributed by atoms with Crippen molar-refractivity contribution < 1.29 is 4.39 Å². The molecule has 0 aliphatic rings. The van der Waals surface area contributed by atoms with E-state index in [0.717, 1.165) is 5.56 Å². The normalized spacial score (nSPS) is 15.8. The van der Waals surface area contributed by atoms with Crippen LogP contribution in [0.3, 0.4) is 0 Å². The first-order valence-electron chi connectivity index (χ1n) is 4.49. The molecule has 1 aromatic rings. The van der Waals surface area contributed by atoms with Crippen LogP contribution in [0.5, 0.6) is 0 Å². The van der Waals surface area contributed by atoms with E-state index in [1.165, 1.54) is 12.1 Å². The molecule has 72 valence electrons. The number of hydrogen-bond donors (Lipinski definition) is 1. The second-order valence-corrected chi connectivity index (χ2v) is 3.95.